The zero-order valence-electron chi connectivity index (χ0n) is 14.7. The number of benzene rings is 1. The molecule has 1 aromatic carbocycles. The Labute approximate surface area is 152 Å². The molecule has 1 fully saturated rings. The van der Waals surface area contributed by atoms with Gasteiger partial charge in [-0.1, -0.05) is 24.3 Å². The molecule has 2 unspecified atom stereocenters. The monoisotopic (exact) mass is 356 g/mol. The molecule has 0 spiro atoms. The van der Waals surface area contributed by atoms with Crippen LogP contribution in [0.4, 0.5) is 0 Å². The third kappa shape index (κ3) is 3.36. The van der Waals surface area contributed by atoms with Gasteiger partial charge in [-0.25, -0.2) is 0 Å². The number of ether oxygens (including phenoxy) is 1. The summed E-state index contributed by atoms with van der Waals surface area (Å²) in [7, 11) is 2.09. The second-order valence-corrected chi connectivity index (χ2v) is 8.11. The molecule has 0 radical (unpaired) electrons. The molecule has 1 aromatic heterocycles. The number of fused-ring (bicyclic) bond motifs is 3. The van der Waals surface area contributed by atoms with E-state index in [1.807, 2.05) is 6.92 Å². The van der Waals surface area contributed by atoms with E-state index in [1.165, 1.54) is 21.6 Å². The summed E-state index contributed by atoms with van der Waals surface area (Å²) in [6.07, 6.45) is 2.12. The molecule has 2 aromatic rings. The van der Waals surface area contributed by atoms with Crippen LogP contribution >= 0.6 is 11.3 Å². The number of carbonyl (C=O) groups is 1. The topological polar surface area (TPSA) is 41.6 Å². The van der Waals surface area contributed by atoms with Gasteiger partial charge in [0.25, 0.3) is 5.91 Å². The first-order chi connectivity index (χ1) is 12.1. The maximum absolute atomic E-state index is 12.7. The van der Waals surface area contributed by atoms with Crippen LogP contribution in [0.2, 0.25) is 0 Å². The van der Waals surface area contributed by atoms with Gasteiger partial charge < -0.3 is 15.0 Å². The van der Waals surface area contributed by atoms with E-state index < -0.39 is 0 Å². The zero-order chi connectivity index (χ0) is 17.4. The molecule has 0 saturated carbocycles. The number of hydrogen-bond acceptors (Lipinski definition) is 4. The zero-order valence-corrected chi connectivity index (χ0v) is 15.6. The maximum Gasteiger partial charge on any atom is 0.261 e. The van der Waals surface area contributed by atoms with Gasteiger partial charge in [0, 0.05) is 18.0 Å². The van der Waals surface area contributed by atoms with Gasteiger partial charge in [0.05, 0.1) is 23.6 Å². The minimum atomic E-state index is 0.00154. The molecule has 1 amide bonds. The minimum Gasteiger partial charge on any atom is -0.373 e. The van der Waals surface area contributed by atoms with Crippen molar-refractivity contribution in [2.45, 2.75) is 31.9 Å². The molecule has 2 heterocycles. The molecule has 132 valence electrons. The lowest BCUT2D eigenvalue weighted by Crippen LogP contribution is -2.51. The Morgan fingerprint density at radius 2 is 2.12 bits per heavy atom. The van der Waals surface area contributed by atoms with Crippen LogP contribution in [0, 0.1) is 0 Å². The molecule has 2 aliphatic rings. The van der Waals surface area contributed by atoms with Crippen LogP contribution in [0.15, 0.2) is 30.3 Å². The van der Waals surface area contributed by atoms with E-state index in [1.54, 1.807) is 11.3 Å². The van der Waals surface area contributed by atoms with Crippen LogP contribution in [0.5, 0.6) is 0 Å². The number of amides is 1. The highest BCUT2D eigenvalue weighted by atomic mass is 32.1. The minimum absolute atomic E-state index is 0.00154. The van der Waals surface area contributed by atoms with Crippen molar-refractivity contribution in [2.75, 3.05) is 26.7 Å². The maximum atomic E-state index is 12.7. The van der Waals surface area contributed by atoms with Crippen LogP contribution in [0.1, 0.15) is 27.7 Å². The molecular formula is C20H24N2O2S. The number of nitrogens with zero attached hydrogens (tertiary/aromatic N) is 1. The molecule has 4 rings (SSSR count). The second-order valence-electron chi connectivity index (χ2n) is 7.06. The third-order valence-electron chi connectivity index (χ3n) is 5.17. The lowest BCUT2D eigenvalue weighted by molar-refractivity contribution is -0.0342. The van der Waals surface area contributed by atoms with E-state index in [9.17, 15) is 4.79 Å². The van der Waals surface area contributed by atoms with E-state index in [-0.39, 0.29) is 18.1 Å². The normalized spacial score (nSPS) is 21.3. The average Bonchev–Trinajstić information content (AvgIpc) is 3.06. The summed E-state index contributed by atoms with van der Waals surface area (Å²) in [5, 5.41) is 3.14. The molecule has 0 bridgehead atoms. The predicted octanol–water partition coefficient (Wildman–Crippen LogP) is 2.96. The molecule has 5 heteroatoms. The first-order valence-corrected chi connectivity index (χ1v) is 9.75. The number of hydrogen-bond donors (Lipinski definition) is 1. The van der Waals surface area contributed by atoms with E-state index >= 15 is 0 Å². The Morgan fingerprint density at radius 3 is 2.96 bits per heavy atom. The highest BCUT2D eigenvalue weighted by molar-refractivity contribution is 7.17. The Kier molecular flexibility index (Phi) is 4.63. The summed E-state index contributed by atoms with van der Waals surface area (Å²) in [5.74, 6) is 0.0150. The standard InChI is InChI=1S/C20H24N2O2S/c1-13(17-12-22(2)9-10-24-17)21-20(23)18-11-15-8-7-14-5-3-4-6-16(14)19(15)25-18/h3-6,11,13,17H,7-10,12H2,1-2H3,(H,21,23). The van der Waals surface area contributed by atoms with E-state index in [2.05, 4.69) is 47.6 Å². The highest BCUT2D eigenvalue weighted by Crippen LogP contribution is 2.39. The highest BCUT2D eigenvalue weighted by Gasteiger charge is 2.27. The number of thiophene rings is 1. The van der Waals surface area contributed by atoms with Crippen molar-refractivity contribution in [3.63, 3.8) is 0 Å². The van der Waals surface area contributed by atoms with Crippen molar-refractivity contribution in [2.24, 2.45) is 0 Å². The number of carbonyl (C=O) groups excluding carboxylic acids is 1. The number of nitrogens with one attached hydrogen (secondary N) is 1. The van der Waals surface area contributed by atoms with Crippen molar-refractivity contribution in [3.05, 3.63) is 46.3 Å². The SMILES string of the molecule is CC(NC(=O)c1cc2c(s1)-c1ccccc1CC2)C1CN(C)CCO1. The molecule has 1 saturated heterocycles. The van der Waals surface area contributed by atoms with Gasteiger partial charge in [-0.05, 0) is 49.6 Å². The number of aryl methyl sites for hydroxylation is 2. The second kappa shape index (κ2) is 6.90. The fourth-order valence-electron chi connectivity index (χ4n) is 3.67. The van der Waals surface area contributed by atoms with Gasteiger partial charge >= 0.3 is 0 Å². The molecule has 1 N–H and O–H groups in total. The number of morpholine rings is 1. The summed E-state index contributed by atoms with van der Waals surface area (Å²) in [5.41, 5.74) is 3.98. The van der Waals surface area contributed by atoms with E-state index in [0.717, 1.165) is 37.4 Å². The first-order valence-electron chi connectivity index (χ1n) is 8.94. The van der Waals surface area contributed by atoms with Gasteiger partial charge in [-0.2, -0.15) is 0 Å². The smallest absolute Gasteiger partial charge is 0.261 e. The van der Waals surface area contributed by atoms with Crippen molar-refractivity contribution in [1.82, 2.24) is 10.2 Å². The van der Waals surface area contributed by atoms with E-state index in [4.69, 9.17) is 4.74 Å². The molecule has 1 aliphatic heterocycles. The molecular weight excluding hydrogens is 332 g/mol. The Morgan fingerprint density at radius 1 is 1.32 bits per heavy atom. The van der Waals surface area contributed by atoms with Crippen LogP contribution in [-0.4, -0.2) is 49.7 Å². The fraction of sp³-hybridized carbons (Fsp3) is 0.450. The van der Waals surface area contributed by atoms with Gasteiger partial charge in [-0.15, -0.1) is 11.3 Å². The lowest BCUT2D eigenvalue weighted by atomic mass is 9.91. The quantitative estimate of drug-likeness (QED) is 0.919. The van der Waals surface area contributed by atoms with Gasteiger partial charge in [-0.3, -0.25) is 4.79 Å². The summed E-state index contributed by atoms with van der Waals surface area (Å²) >= 11 is 1.61. The summed E-state index contributed by atoms with van der Waals surface area (Å²) in [4.78, 5) is 17.0. The number of likely N-dealkylation sites (N-methyl/N-ethyl adjacent to an activating group) is 1. The van der Waals surface area contributed by atoms with Crippen molar-refractivity contribution >= 4 is 17.2 Å². The first kappa shape index (κ1) is 16.8. The Hall–Kier alpha value is -1.69. The largest absolute Gasteiger partial charge is 0.373 e. The van der Waals surface area contributed by atoms with Crippen LogP contribution in [0.25, 0.3) is 10.4 Å². The van der Waals surface area contributed by atoms with Crippen LogP contribution in [0.3, 0.4) is 0 Å². The van der Waals surface area contributed by atoms with Crippen LogP contribution in [-0.2, 0) is 17.6 Å². The lowest BCUT2D eigenvalue weighted by Gasteiger charge is -2.33. The van der Waals surface area contributed by atoms with Crippen molar-refractivity contribution in [1.29, 1.82) is 0 Å². The number of rotatable bonds is 3. The Balaban J connectivity index is 1.50. The van der Waals surface area contributed by atoms with Crippen molar-refractivity contribution in [3.8, 4) is 10.4 Å². The predicted molar refractivity (Wildman–Crippen MR) is 101 cm³/mol. The van der Waals surface area contributed by atoms with Gasteiger partial charge in [0.2, 0.25) is 0 Å². The van der Waals surface area contributed by atoms with Gasteiger partial charge in [0.15, 0.2) is 0 Å². The molecule has 4 nitrogen and oxygen atoms in total. The van der Waals surface area contributed by atoms with Crippen molar-refractivity contribution < 1.29 is 9.53 Å². The summed E-state index contributed by atoms with van der Waals surface area (Å²) in [6, 6.07) is 10.6. The Bertz CT molecular complexity index is 786. The van der Waals surface area contributed by atoms with E-state index in [0.29, 0.717) is 0 Å². The third-order valence-corrected chi connectivity index (χ3v) is 6.38. The molecule has 1 aliphatic carbocycles. The molecule has 2 atom stereocenters. The summed E-state index contributed by atoms with van der Waals surface area (Å²) in [6.45, 7) is 4.57. The fourth-order valence-corrected chi connectivity index (χ4v) is 4.84. The average molecular weight is 356 g/mol. The van der Waals surface area contributed by atoms with Gasteiger partial charge in [0.1, 0.15) is 0 Å². The summed E-state index contributed by atoms with van der Waals surface area (Å²) < 4.78 is 5.82. The van der Waals surface area contributed by atoms with Crippen LogP contribution < -0.4 is 5.32 Å². The molecule has 25 heavy (non-hydrogen) atoms.